The number of amides is 1. The summed E-state index contributed by atoms with van der Waals surface area (Å²) in [6.07, 6.45) is 1.24. The molecule has 2 N–H and O–H groups in total. The summed E-state index contributed by atoms with van der Waals surface area (Å²) in [5, 5.41) is 11.6. The average Bonchev–Trinajstić information content (AvgIpc) is 2.33. The lowest BCUT2D eigenvalue weighted by molar-refractivity contribution is -0.141. The lowest BCUT2D eigenvalue weighted by Crippen LogP contribution is -2.37. The summed E-state index contributed by atoms with van der Waals surface area (Å²) in [6.45, 7) is 5.24. The van der Waals surface area contributed by atoms with E-state index < -0.39 is 23.6 Å². The minimum atomic E-state index is -0.980. The number of hydrogen-bond acceptors (Lipinski definition) is 4. The van der Waals surface area contributed by atoms with Crippen molar-refractivity contribution in [3.05, 3.63) is 30.1 Å². The number of ether oxygens (including phenoxy) is 1. The molecule has 1 rings (SSSR count). The molecule has 0 aliphatic heterocycles. The molecule has 6 heteroatoms. The van der Waals surface area contributed by atoms with Crippen molar-refractivity contribution in [1.82, 2.24) is 10.3 Å². The van der Waals surface area contributed by atoms with Crippen molar-refractivity contribution >= 4 is 12.1 Å². The van der Waals surface area contributed by atoms with Crippen molar-refractivity contribution in [3.8, 4) is 0 Å². The van der Waals surface area contributed by atoms with Gasteiger partial charge < -0.3 is 15.2 Å². The monoisotopic (exact) mass is 280 g/mol. The molecule has 0 aliphatic rings. The zero-order valence-electron chi connectivity index (χ0n) is 11.9. The van der Waals surface area contributed by atoms with E-state index in [2.05, 4.69) is 10.3 Å². The maximum Gasteiger partial charge on any atom is 0.407 e. The van der Waals surface area contributed by atoms with Gasteiger partial charge in [-0.1, -0.05) is 6.07 Å². The number of rotatable bonds is 5. The zero-order valence-corrected chi connectivity index (χ0v) is 11.9. The van der Waals surface area contributed by atoms with Crippen molar-refractivity contribution < 1.29 is 19.4 Å². The van der Waals surface area contributed by atoms with Gasteiger partial charge in [-0.3, -0.25) is 9.78 Å². The summed E-state index contributed by atoms with van der Waals surface area (Å²) in [4.78, 5) is 26.8. The molecule has 0 aliphatic carbocycles. The zero-order chi connectivity index (χ0) is 15.2. The highest BCUT2D eigenvalue weighted by atomic mass is 16.6. The van der Waals surface area contributed by atoms with Gasteiger partial charge in [-0.25, -0.2) is 4.79 Å². The van der Waals surface area contributed by atoms with Crippen molar-refractivity contribution in [2.24, 2.45) is 5.92 Å². The lowest BCUT2D eigenvalue weighted by atomic mass is 10.0. The maximum atomic E-state index is 11.5. The molecule has 0 saturated heterocycles. The number of aliphatic carboxylic acids is 1. The SMILES string of the molecule is CC(C)(C)OC(=O)NC[C@@H](Cc1ccccn1)C(=O)O. The van der Waals surface area contributed by atoms with Crippen LogP contribution in [0.15, 0.2) is 24.4 Å². The molecule has 110 valence electrons. The van der Waals surface area contributed by atoms with Gasteiger partial charge in [0.15, 0.2) is 0 Å². The largest absolute Gasteiger partial charge is 0.481 e. The highest BCUT2D eigenvalue weighted by Crippen LogP contribution is 2.08. The van der Waals surface area contributed by atoms with E-state index in [9.17, 15) is 9.59 Å². The molecule has 0 fully saturated rings. The Bertz CT molecular complexity index is 454. The van der Waals surface area contributed by atoms with E-state index in [1.165, 1.54) is 0 Å². The smallest absolute Gasteiger partial charge is 0.407 e. The summed E-state index contributed by atoms with van der Waals surface area (Å²) < 4.78 is 5.06. The van der Waals surface area contributed by atoms with Gasteiger partial charge in [-0.2, -0.15) is 0 Å². The van der Waals surface area contributed by atoms with Crippen molar-refractivity contribution in [1.29, 1.82) is 0 Å². The number of aromatic nitrogens is 1. The van der Waals surface area contributed by atoms with Crippen LogP contribution >= 0.6 is 0 Å². The summed E-state index contributed by atoms with van der Waals surface area (Å²) in [7, 11) is 0. The predicted octanol–water partition coefficient (Wildman–Crippen LogP) is 1.85. The van der Waals surface area contributed by atoms with Crippen molar-refractivity contribution in [2.75, 3.05) is 6.54 Å². The second-order valence-electron chi connectivity index (χ2n) is 5.44. The van der Waals surface area contributed by atoms with E-state index in [-0.39, 0.29) is 13.0 Å². The molecule has 0 aromatic carbocycles. The molecule has 1 atom stereocenters. The van der Waals surface area contributed by atoms with E-state index in [0.717, 1.165) is 0 Å². The molecule has 1 heterocycles. The molecular weight excluding hydrogens is 260 g/mol. The molecule has 1 aromatic heterocycles. The highest BCUT2D eigenvalue weighted by molar-refractivity contribution is 5.73. The van der Waals surface area contributed by atoms with Crippen LogP contribution in [0.1, 0.15) is 26.5 Å². The number of nitrogens with one attached hydrogen (secondary N) is 1. The number of carbonyl (C=O) groups excluding carboxylic acids is 1. The predicted molar refractivity (Wildman–Crippen MR) is 73.3 cm³/mol. The van der Waals surface area contributed by atoms with Gasteiger partial charge in [-0.05, 0) is 32.9 Å². The van der Waals surface area contributed by atoms with Gasteiger partial charge in [0, 0.05) is 24.9 Å². The Morgan fingerprint density at radius 3 is 2.60 bits per heavy atom. The lowest BCUT2D eigenvalue weighted by Gasteiger charge is -2.20. The topological polar surface area (TPSA) is 88.5 Å². The van der Waals surface area contributed by atoms with E-state index in [1.54, 1.807) is 45.2 Å². The van der Waals surface area contributed by atoms with Crippen LogP contribution in [0.3, 0.4) is 0 Å². The minimum absolute atomic E-state index is 0.000814. The first-order chi connectivity index (χ1) is 9.28. The Kier molecular flexibility index (Phi) is 5.49. The Labute approximate surface area is 118 Å². The standard InChI is InChI=1S/C14H20N2O4/c1-14(2,3)20-13(19)16-9-10(12(17)18)8-11-6-4-5-7-15-11/h4-7,10H,8-9H2,1-3H3,(H,16,19)(H,17,18)/t10-/m1/s1. The second-order valence-corrected chi connectivity index (χ2v) is 5.44. The van der Waals surface area contributed by atoms with Crippen LogP contribution in [0.5, 0.6) is 0 Å². The van der Waals surface area contributed by atoms with Crippen LogP contribution in [0.25, 0.3) is 0 Å². The van der Waals surface area contributed by atoms with Crippen LogP contribution < -0.4 is 5.32 Å². The van der Waals surface area contributed by atoms with Crippen LogP contribution in [0.4, 0.5) is 4.79 Å². The third-order valence-electron chi connectivity index (χ3n) is 2.42. The molecule has 1 aromatic rings. The van der Waals surface area contributed by atoms with Crippen molar-refractivity contribution in [3.63, 3.8) is 0 Å². The first kappa shape index (κ1) is 15.9. The van der Waals surface area contributed by atoms with Crippen LogP contribution in [0, 0.1) is 5.92 Å². The fourth-order valence-corrected chi connectivity index (χ4v) is 1.54. The molecule has 1 amide bonds. The summed E-state index contributed by atoms with van der Waals surface area (Å²) in [5.41, 5.74) is 0.0648. The molecule has 6 nitrogen and oxygen atoms in total. The van der Waals surface area contributed by atoms with Gasteiger partial charge >= 0.3 is 12.1 Å². The molecule has 0 spiro atoms. The van der Waals surface area contributed by atoms with Gasteiger partial charge in [0.05, 0.1) is 5.92 Å². The number of carboxylic acids is 1. The Morgan fingerprint density at radius 2 is 2.10 bits per heavy atom. The third kappa shape index (κ3) is 6.17. The van der Waals surface area contributed by atoms with Gasteiger partial charge in [-0.15, -0.1) is 0 Å². The maximum absolute atomic E-state index is 11.5. The third-order valence-corrected chi connectivity index (χ3v) is 2.42. The molecule has 0 radical (unpaired) electrons. The van der Waals surface area contributed by atoms with Gasteiger partial charge in [0.2, 0.25) is 0 Å². The quantitative estimate of drug-likeness (QED) is 0.859. The molecule has 0 saturated carbocycles. The number of nitrogens with zero attached hydrogens (tertiary/aromatic N) is 1. The number of hydrogen-bond donors (Lipinski definition) is 2. The number of pyridine rings is 1. The molecular formula is C14H20N2O4. The Morgan fingerprint density at radius 1 is 1.40 bits per heavy atom. The minimum Gasteiger partial charge on any atom is -0.481 e. The van der Waals surface area contributed by atoms with E-state index in [0.29, 0.717) is 5.69 Å². The molecule has 0 bridgehead atoms. The molecule has 20 heavy (non-hydrogen) atoms. The van der Waals surface area contributed by atoms with E-state index >= 15 is 0 Å². The fraction of sp³-hybridized carbons (Fsp3) is 0.500. The van der Waals surface area contributed by atoms with E-state index in [4.69, 9.17) is 9.84 Å². The van der Waals surface area contributed by atoms with Crippen LogP contribution in [-0.2, 0) is 16.0 Å². The van der Waals surface area contributed by atoms with Gasteiger partial charge in [0.1, 0.15) is 5.60 Å². The Hall–Kier alpha value is -2.11. The van der Waals surface area contributed by atoms with Gasteiger partial charge in [0.25, 0.3) is 0 Å². The second kappa shape index (κ2) is 6.88. The summed E-state index contributed by atoms with van der Waals surface area (Å²) in [5.74, 6) is -1.72. The van der Waals surface area contributed by atoms with Crippen molar-refractivity contribution in [2.45, 2.75) is 32.8 Å². The molecule has 0 unspecified atom stereocenters. The van der Waals surface area contributed by atoms with Crippen LogP contribution in [0.2, 0.25) is 0 Å². The summed E-state index contributed by atoms with van der Waals surface area (Å²) >= 11 is 0. The number of carboxylic acid groups (broad SMARTS) is 1. The van der Waals surface area contributed by atoms with E-state index in [1.807, 2.05) is 0 Å². The normalized spacial score (nSPS) is 12.6. The number of alkyl carbamates (subject to hydrolysis) is 1. The first-order valence-corrected chi connectivity index (χ1v) is 6.37. The fourth-order valence-electron chi connectivity index (χ4n) is 1.54. The Balaban J connectivity index is 2.52. The highest BCUT2D eigenvalue weighted by Gasteiger charge is 2.21. The summed E-state index contributed by atoms with van der Waals surface area (Å²) in [6, 6.07) is 5.31. The first-order valence-electron chi connectivity index (χ1n) is 6.37. The average molecular weight is 280 g/mol. The van der Waals surface area contributed by atoms with Crippen LogP contribution in [-0.4, -0.2) is 34.3 Å². The number of carbonyl (C=O) groups is 2.